The Morgan fingerprint density at radius 1 is 1.22 bits per heavy atom. The molecule has 0 bridgehead atoms. The number of rotatable bonds is 4. The summed E-state index contributed by atoms with van der Waals surface area (Å²) >= 11 is 0. The first kappa shape index (κ1) is 18.1. The highest BCUT2D eigenvalue weighted by Crippen LogP contribution is 2.31. The summed E-state index contributed by atoms with van der Waals surface area (Å²) in [5.74, 6) is 2.14. The van der Waals surface area contributed by atoms with Crippen molar-refractivity contribution in [2.75, 3.05) is 37.6 Å². The SMILES string of the molecule is CC1CN(CC2CCN(c3oc(-c4ccco4)nc3C#N)CC2)CC(C)O1. The van der Waals surface area contributed by atoms with Gasteiger partial charge >= 0.3 is 0 Å². The number of hydrogen-bond donors (Lipinski definition) is 0. The predicted molar refractivity (Wildman–Crippen MR) is 100 cm³/mol. The van der Waals surface area contributed by atoms with Gasteiger partial charge in [0.15, 0.2) is 5.76 Å². The van der Waals surface area contributed by atoms with Crippen LogP contribution in [0.3, 0.4) is 0 Å². The number of piperidine rings is 1. The van der Waals surface area contributed by atoms with Crippen molar-refractivity contribution < 1.29 is 13.6 Å². The zero-order valence-electron chi connectivity index (χ0n) is 15.9. The molecule has 7 heteroatoms. The molecule has 2 aromatic rings. The standard InChI is InChI=1S/C20H26N4O3/c1-14-11-23(12-15(2)26-14)13-16-5-7-24(8-6-16)20-17(10-21)22-19(27-20)18-4-3-9-25-18/h3-4,9,14-16H,5-8,11-13H2,1-2H3. The second kappa shape index (κ2) is 7.75. The van der Waals surface area contributed by atoms with Gasteiger partial charge in [-0.1, -0.05) is 0 Å². The third-order valence-electron chi connectivity index (χ3n) is 5.36. The maximum Gasteiger partial charge on any atom is 0.266 e. The van der Waals surface area contributed by atoms with Gasteiger partial charge in [-0.3, -0.25) is 4.90 Å². The summed E-state index contributed by atoms with van der Waals surface area (Å²) < 4.78 is 17.0. The molecule has 2 fully saturated rings. The van der Waals surface area contributed by atoms with Gasteiger partial charge in [0.1, 0.15) is 6.07 Å². The molecular formula is C20H26N4O3. The lowest BCUT2D eigenvalue weighted by atomic mass is 9.95. The monoisotopic (exact) mass is 370 g/mol. The molecule has 4 heterocycles. The largest absolute Gasteiger partial charge is 0.459 e. The second-order valence-electron chi connectivity index (χ2n) is 7.67. The zero-order chi connectivity index (χ0) is 18.8. The topological polar surface area (TPSA) is 78.7 Å². The molecule has 27 heavy (non-hydrogen) atoms. The van der Waals surface area contributed by atoms with E-state index < -0.39 is 0 Å². The fourth-order valence-corrected chi connectivity index (χ4v) is 4.22. The fraction of sp³-hybridized carbons (Fsp3) is 0.600. The minimum absolute atomic E-state index is 0.307. The molecular weight excluding hydrogens is 344 g/mol. The smallest absolute Gasteiger partial charge is 0.266 e. The van der Waals surface area contributed by atoms with Crippen molar-refractivity contribution in [3.63, 3.8) is 0 Å². The van der Waals surface area contributed by atoms with Crippen LogP contribution < -0.4 is 4.90 Å². The second-order valence-corrected chi connectivity index (χ2v) is 7.67. The van der Waals surface area contributed by atoms with Crippen LogP contribution in [0, 0.1) is 17.2 Å². The van der Waals surface area contributed by atoms with Crippen LogP contribution in [-0.4, -0.2) is 54.8 Å². The van der Waals surface area contributed by atoms with Crippen molar-refractivity contribution in [2.45, 2.75) is 38.9 Å². The van der Waals surface area contributed by atoms with Crippen molar-refractivity contribution in [2.24, 2.45) is 5.92 Å². The number of oxazole rings is 1. The van der Waals surface area contributed by atoms with Gasteiger partial charge in [0, 0.05) is 32.7 Å². The molecule has 0 saturated carbocycles. The Labute approximate surface area is 159 Å². The maximum atomic E-state index is 9.43. The normalized spacial score (nSPS) is 24.9. The molecule has 0 aliphatic carbocycles. The number of morpholine rings is 1. The van der Waals surface area contributed by atoms with Crippen molar-refractivity contribution in [3.8, 4) is 17.7 Å². The molecule has 2 aliphatic rings. The number of nitrogens with zero attached hydrogens (tertiary/aromatic N) is 4. The number of aromatic nitrogens is 1. The van der Waals surface area contributed by atoms with Crippen LogP contribution in [0.25, 0.3) is 11.7 Å². The average molecular weight is 370 g/mol. The van der Waals surface area contributed by atoms with Gasteiger partial charge in [0.2, 0.25) is 11.6 Å². The molecule has 0 radical (unpaired) electrons. The Bertz CT molecular complexity index is 777. The Morgan fingerprint density at radius 3 is 2.59 bits per heavy atom. The molecule has 0 N–H and O–H groups in total. The van der Waals surface area contributed by atoms with Crippen molar-refractivity contribution >= 4 is 5.88 Å². The van der Waals surface area contributed by atoms with Gasteiger partial charge in [-0.05, 0) is 44.7 Å². The summed E-state index contributed by atoms with van der Waals surface area (Å²) in [7, 11) is 0. The van der Waals surface area contributed by atoms with Crippen molar-refractivity contribution in [1.82, 2.24) is 9.88 Å². The first-order chi connectivity index (χ1) is 13.1. The van der Waals surface area contributed by atoms with Crippen LogP contribution in [0.4, 0.5) is 5.88 Å². The minimum Gasteiger partial charge on any atom is -0.459 e. The van der Waals surface area contributed by atoms with Crippen molar-refractivity contribution in [1.29, 1.82) is 5.26 Å². The number of hydrogen-bond acceptors (Lipinski definition) is 7. The van der Waals surface area contributed by atoms with Gasteiger partial charge in [0.05, 0.1) is 18.5 Å². The van der Waals surface area contributed by atoms with Crippen LogP contribution in [-0.2, 0) is 4.74 Å². The highest BCUT2D eigenvalue weighted by Gasteiger charge is 2.29. The van der Waals surface area contributed by atoms with Gasteiger partial charge in [0.25, 0.3) is 5.89 Å². The molecule has 7 nitrogen and oxygen atoms in total. The number of ether oxygens (including phenoxy) is 1. The molecule has 4 rings (SSSR count). The maximum absolute atomic E-state index is 9.43. The molecule has 0 spiro atoms. The quantitative estimate of drug-likeness (QED) is 0.818. The third-order valence-corrected chi connectivity index (χ3v) is 5.36. The lowest BCUT2D eigenvalue weighted by Gasteiger charge is -2.39. The van der Waals surface area contributed by atoms with E-state index in [2.05, 4.69) is 34.7 Å². The molecule has 2 aliphatic heterocycles. The third kappa shape index (κ3) is 4.02. The van der Waals surface area contributed by atoms with Gasteiger partial charge < -0.3 is 18.5 Å². The summed E-state index contributed by atoms with van der Waals surface area (Å²) in [5, 5.41) is 9.43. The van der Waals surface area contributed by atoms with E-state index in [0.29, 0.717) is 41.4 Å². The highest BCUT2D eigenvalue weighted by molar-refractivity contribution is 5.55. The van der Waals surface area contributed by atoms with E-state index in [-0.39, 0.29) is 0 Å². The number of anilines is 1. The summed E-state index contributed by atoms with van der Waals surface area (Å²) in [4.78, 5) is 8.96. The van der Waals surface area contributed by atoms with E-state index in [0.717, 1.165) is 45.6 Å². The summed E-state index contributed by atoms with van der Waals surface area (Å²) in [6, 6.07) is 5.72. The highest BCUT2D eigenvalue weighted by atomic mass is 16.5. The molecule has 2 aromatic heterocycles. The van der Waals surface area contributed by atoms with Crippen LogP contribution in [0.5, 0.6) is 0 Å². The zero-order valence-corrected chi connectivity index (χ0v) is 15.9. The van der Waals surface area contributed by atoms with E-state index in [4.69, 9.17) is 13.6 Å². The van der Waals surface area contributed by atoms with Crippen molar-refractivity contribution in [3.05, 3.63) is 24.1 Å². The van der Waals surface area contributed by atoms with E-state index in [1.807, 2.05) is 0 Å². The lowest BCUT2D eigenvalue weighted by Crippen LogP contribution is -2.48. The fourth-order valence-electron chi connectivity index (χ4n) is 4.22. The van der Waals surface area contributed by atoms with E-state index >= 15 is 0 Å². The van der Waals surface area contributed by atoms with Gasteiger partial charge in [-0.25, -0.2) is 0 Å². The lowest BCUT2D eigenvalue weighted by molar-refractivity contribution is -0.0720. The summed E-state index contributed by atoms with van der Waals surface area (Å²) in [6.45, 7) is 9.19. The predicted octanol–water partition coefficient (Wildman–Crippen LogP) is 3.13. The molecule has 144 valence electrons. The number of furan rings is 1. The van der Waals surface area contributed by atoms with Crippen LogP contribution in [0.1, 0.15) is 32.4 Å². The first-order valence-electron chi connectivity index (χ1n) is 9.70. The average Bonchev–Trinajstić information content (AvgIpc) is 3.31. The Kier molecular flexibility index (Phi) is 5.19. The van der Waals surface area contributed by atoms with E-state index in [1.54, 1.807) is 18.4 Å². The number of nitriles is 1. The Morgan fingerprint density at radius 2 is 1.96 bits per heavy atom. The molecule has 2 atom stereocenters. The molecule has 2 unspecified atom stereocenters. The Balaban J connectivity index is 1.37. The van der Waals surface area contributed by atoms with Crippen LogP contribution in [0.15, 0.2) is 27.2 Å². The van der Waals surface area contributed by atoms with E-state index in [9.17, 15) is 5.26 Å². The van der Waals surface area contributed by atoms with Gasteiger partial charge in [-0.15, -0.1) is 0 Å². The summed E-state index contributed by atoms with van der Waals surface area (Å²) in [5.41, 5.74) is 0.329. The van der Waals surface area contributed by atoms with Gasteiger partial charge in [-0.2, -0.15) is 10.2 Å². The minimum atomic E-state index is 0.307. The molecule has 0 aromatic carbocycles. The first-order valence-corrected chi connectivity index (χ1v) is 9.70. The molecule has 0 amide bonds. The molecule has 2 saturated heterocycles. The van der Waals surface area contributed by atoms with E-state index in [1.165, 1.54) is 0 Å². The Hall–Kier alpha value is -2.30. The van der Waals surface area contributed by atoms with Crippen LogP contribution in [0.2, 0.25) is 0 Å². The van der Waals surface area contributed by atoms with Crippen LogP contribution >= 0.6 is 0 Å². The summed E-state index contributed by atoms with van der Waals surface area (Å²) in [6.07, 6.45) is 4.36.